The molecule has 0 radical (unpaired) electrons. The van der Waals surface area contributed by atoms with Crippen LogP contribution in [-0.4, -0.2) is 49.6 Å². The first kappa shape index (κ1) is 27.2. The summed E-state index contributed by atoms with van der Waals surface area (Å²) in [4.78, 5) is 12.0. The Labute approximate surface area is 196 Å². The lowest BCUT2D eigenvalue weighted by molar-refractivity contribution is 0.264. The van der Waals surface area contributed by atoms with E-state index >= 15 is 0 Å². The maximum Gasteiger partial charge on any atom is 0.278 e. The van der Waals surface area contributed by atoms with E-state index in [1.165, 1.54) is 62.4 Å². The third-order valence-electron chi connectivity index (χ3n) is 5.93. The number of pyridine rings is 1. The van der Waals surface area contributed by atoms with Crippen LogP contribution in [0.3, 0.4) is 0 Å². The zero-order valence-corrected chi connectivity index (χ0v) is 20.7. The first-order valence-electron chi connectivity index (χ1n) is 11.3. The molecule has 184 valence electrons. The van der Waals surface area contributed by atoms with Crippen LogP contribution in [0.25, 0.3) is 0 Å². The van der Waals surface area contributed by atoms with Crippen molar-refractivity contribution < 1.29 is 17.9 Å². The van der Waals surface area contributed by atoms with Crippen LogP contribution in [0.2, 0.25) is 0 Å². The van der Waals surface area contributed by atoms with Crippen LogP contribution in [-0.2, 0) is 17.3 Å². The van der Waals surface area contributed by atoms with E-state index in [9.17, 15) is 22.7 Å². The van der Waals surface area contributed by atoms with Crippen molar-refractivity contribution in [2.45, 2.75) is 50.9 Å². The molecule has 7 nitrogen and oxygen atoms in total. The van der Waals surface area contributed by atoms with Crippen molar-refractivity contribution in [1.82, 2.24) is 13.6 Å². The fraction of sp³-hybridized carbons (Fsp3) is 0.542. The number of halogens is 1. The maximum atomic E-state index is 12.9. The molecular weight excluding hydrogens is 445 g/mol. The first-order chi connectivity index (χ1) is 15.5. The molecular formula is C24H36FN3O4S. The van der Waals surface area contributed by atoms with Crippen molar-refractivity contribution in [2.24, 2.45) is 7.05 Å². The van der Waals surface area contributed by atoms with E-state index < -0.39 is 16.1 Å². The highest BCUT2D eigenvalue weighted by atomic mass is 32.2. The molecule has 0 amide bonds. The third kappa shape index (κ3) is 8.03. The van der Waals surface area contributed by atoms with Crippen LogP contribution in [0.15, 0.2) is 41.3 Å². The van der Waals surface area contributed by atoms with Crippen molar-refractivity contribution in [1.29, 1.82) is 0 Å². The number of nitrogens with one attached hydrogen (secondary N) is 1. The lowest BCUT2D eigenvalue weighted by Crippen LogP contribution is -2.39. The molecule has 0 spiro atoms. The molecule has 1 atom stereocenters. The van der Waals surface area contributed by atoms with Gasteiger partial charge in [-0.25, -0.2) is 9.11 Å². The Bertz CT molecular complexity index is 1060. The number of hydrogen-bond acceptors (Lipinski definition) is 4. The SMILES string of the molecule is Cc1cc(C(CO)CNS(=O)(=O)N(C)C)c(=O)n(C)c1.Fc1cccc(C2CCCCC2)c1. The second-order valence-electron chi connectivity index (χ2n) is 8.79. The topological polar surface area (TPSA) is 91.6 Å². The lowest BCUT2D eigenvalue weighted by Gasteiger charge is -2.21. The van der Waals surface area contributed by atoms with Gasteiger partial charge in [0.2, 0.25) is 0 Å². The quantitative estimate of drug-likeness (QED) is 0.636. The molecule has 9 heteroatoms. The van der Waals surface area contributed by atoms with Gasteiger partial charge in [0.05, 0.1) is 6.61 Å². The number of benzene rings is 1. The second kappa shape index (κ2) is 12.4. The van der Waals surface area contributed by atoms with Crippen molar-refractivity contribution >= 4 is 10.2 Å². The van der Waals surface area contributed by atoms with Crippen LogP contribution in [0, 0.1) is 12.7 Å². The summed E-state index contributed by atoms with van der Waals surface area (Å²) in [6.45, 7) is 1.49. The summed E-state index contributed by atoms with van der Waals surface area (Å²) in [6, 6.07) is 8.76. The van der Waals surface area contributed by atoms with Gasteiger partial charge < -0.3 is 9.67 Å². The Morgan fingerprint density at radius 1 is 1.21 bits per heavy atom. The molecule has 0 bridgehead atoms. The number of aliphatic hydroxyl groups is 1. The smallest absolute Gasteiger partial charge is 0.278 e. The van der Waals surface area contributed by atoms with Gasteiger partial charge in [0, 0.05) is 45.4 Å². The molecule has 0 saturated heterocycles. The van der Waals surface area contributed by atoms with E-state index in [2.05, 4.69) is 10.8 Å². The highest BCUT2D eigenvalue weighted by molar-refractivity contribution is 7.87. The molecule has 1 heterocycles. The maximum absolute atomic E-state index is 12.9. The first-order valence-corrected chi connectivity index (χ1v) is 12.7. The summed E-state index contributed by atoms with van der Waals surface area (Å²) in [5.41, 5.74) is 2.23. The van der Waals surface area contributed by atoms with E-state index in [1.807, 2.05) is 13.0 Å². The van der Waals surface area contributed by atoms with E-state index in [0.29, 0.717) is 11.5 Å². The number of hydrogen-bond donors (Lipinski definition) is 2. The van der Waals surface area contributed by atoms with Gasteiger partial charge in [-0.1, -0.05) is 31.4 Å². The van der Waals surface area contributed by atoms with E-state index in [0.717, 1.165) is 9.87 Å². The number of aromatic nitrogens is 1. The predicted molar refractivity (Wildman–Crippen MR) is 129 cm³/mol. The van der Waals surface area contributed by atoms with E-state index in [-0.39, 0.29) is 24.5 Å². The Kier molecular flexibility index (Phi) is 10.2. The van der Waals surface area contributed by atoms with Crippen LogP contribution in [0.5, 0.6) is 0 Å². The monoisotopic (exact) mass is 481 g/mol. The summed E-state index contributed by atoms with van der Waals surface area (Å²) >= 11 is 0. The van der Waals surface area contributed by atoms with E-state index in [4.69, 9.17) is 0 Å². The fourth-order valence-corrected chi connectivity index (χ4v) is 4.68. The molecule has 1 aliphatic rings. The minimum absolute atomic E-state index is 0.0320. The Hall–Kier alpha value is -2.07. The van der Waals surface area contributed by atoms with Crippen LogP contribution >= 0.6 is 0 Å². The molecule has 1 aliphatic carbocycles. The van der Waals surface area contributed by atoms with Crippen molar-refractivity contribution in [2.75, 3.05) is 27.2 Å². The average Bonchev–Trinajstić information content (AvgIpc) is 2.78. The summed E-state index contributed by atoms with van der Waals surface area (Å²) < 4.78 is 41.0. The van der Waals surface area contributed by atoms with Gasteiger partial charge in [-0.2, -0.15) is 12.7 Å². The molecule has 33 heavy (non-hydrogen) atoms. The fourth-order valence-electron chi connectivity index (χ4n) is 4.01. The Morgan fingerprint density at radius 2 is 1.88 bits per heavy atom. The van der Waals surface area contributed by atoms with Gasteiger partial charge in [0.1, 0.15) is 5.82 Å². The third-order valence-corrected chi connectivity index (χ3v) is 7.42. The van der Waals surface area contributed by atoms with Crippen molar-refractivity contribution in [3.05, 3.63) is 69.4 Å². The van der Waals surface area contributed by atoms with Crippen molar-refractivity contribution in [3.63, 3.8) is 0 Å². The van der Waals surface area contributed by atoms with Crippen LogP contribution < -0.4 is 10.3 Å². The van der Waals surface area contributed by atoms with Crippen LogP contribution in [0.4, 0.5) is 4.39 Å². The Balaban J connectivity index is 0.000000254. The molecule has 1 fully saturated rings. The molecule has 0 aliphatic heterocycles. The van der Waals surface area contributed by atoms with Gasteiger partial charge in [-0.3, -0.25) is 4.79 Å². The molecule has 1 unspecified atom stereocenters. The Morgan fingerprint density at radius 3 is 2.45 bits per heavy atom. The number of rotatable bonds is 7. The zero-order valence-electron chi connectivity index (χ0n) is 19.9. The molecule has 2 N–H and O–H groups in total. The second-order valence-corrected chi connectivity index (χ2v) is 10.8. The summed E-state index contributed by atoms with van der Waals surface area (Å²) in [7, 11) is 0.851. The standard InChI is InChI=1S/C12H15F.C12H21N3O4S/c13-12-8-4-7-11(9-12)10-5-2-1-3-6-10;1-9-5-11(12(17)15(4)7-9)10(8-16)6-13-20(18,19)14(2)3/h4,7-10H,1-3,5-6H2;5,7,10,13,16H,6,8H2,1-4H3. The zero-order chi connectivity index (χ0) is 24.6. The normalized spacial score (nSPS) is 15.7. The van der Waals surface area contributed by atoms with Crippen LogP contribution in [0.1, 0.15) is 60.6 Å². The van der Waals surface area contributed by atoms with Gasteiger partial charge in [0.25, 0.3) is 15.8 Å². The van der Waals surface area contributed by atoms with Gasteiger partial charge in [0.15, 0.2) is 0 Å². The minimum Gasteiger partial charge on any atom is -0.396 e. The molecule has 1 aromatic carbocycles. The van der Waals surface area contributed by atoms with Gasteiger partial charge in [-0.15, -0.1) is 0 Å². The van der Waals surface area contributed by atoms with Gasteiger partial charge >= 0.3 is 0 Å². The number of aryl methyl sites for hydroxylation is 2. The average molecular weight is 482 g/mol. The predicted octanol–water partition coefficient (Wildman–Crippen LogP) is 3.04. The molecule has 2 aromatic rings. The highest BCUT2D eigenvalue weighted by Crippen LogP contribution is 2.32. The van der Waals surface area contributed by atoms with E-state index in [1.54, 1.807) is 25.4 Å². The lowest BCUT2D eigenvalue weighted by atomic mass is 9.84. The number of aliphatic hydroxyl groups excluding tert-OH is 1. The summed E-state index contributed by atoms with van der Waals surface area (Å²) in [5.74, 6) is -0.0594. The van der Waals surface area contributed by atoms with Crippen molar-refractivity contribution in [3.8, 4) is 0 Å². The summed E-state index contributed by atoms with van der Waals surface area (Å²) in [6.07, 6.45) is 8.13. The number of nitrogens with zero attached hydrogens (tertiary/aromatic N) is 2. The highest BCUT2D eigenvalue weighted by Gasteiger charge is 2.20. The summed E-state index contributed by atoms with van der Waals surface area (Å²) in [5, 5.41) is 9.42. The minimum atomic E-state index is -3.58. The molecule has 1 saturated carbocycles. The largest absolute Gasteiger partial charge is 0.396 e. The molecule has 1 aromatic heterocycles. The van der Waals surface area contributed by atoms with Gasteiger partial charge in [-0.05, 0) is 55.0 Å². The molecule has 3 rings (SSSR count).